The van der Waals surface area contributed by atoms with Crippen molar-refractivity contribution in [2.45, 2.75) is 6.92 Å². The quantitative estimate of drug-likeness (QED) is 0.867. The number of fused-ring (bicyclic) bond motifs is 1. The van der Waals surface area contributed by atoms with Gasteiger partial charge in [0.1, 0.15) is 0 Å². The summed E-state index contributed by atoms with van der Waals surface area (Å²) < 4.78 is 0. The molecule has 2 heterocycles. The Hall–Kier alpha value is -2.82. The molecule has 23 heavy (non-hydrogen) atoms. The standard InChI is InChI=1S/C18H19N3O2/c1-13-12-21(17(22)10-9-14-6-5-11-19-14)16-8-4-3-7-15(16)20(2)18(13)23/h3-11,13,19H,12H2,1-2H3/b10-9+. The minimum absolute atomic E-state index is 0.0149. The van der Waals surface area contributed by atoms with E-state index >= 15 is 0 Å². The molecule has 118 valence electrons. The molecule has 0 radical (unpaired) electrons. The van der Waals surface area contributed by atoms with Gasteiger partial charge in [-0.2, -0.15) is 0 Å². The van der Waals surface area contributed by atoms with Crippen LogP contribution in [0.3, 0.4) is 0 Å². The van der Waals surface area contributed by atoms with Crippen molar-refractivity contribution in [3.05, 3.63) is 54.4 Å². The summed E-state index contributed by atoms with van der Waals surface area (Å²) in [6.07, 6.45) is 5.08. The van der Waals surface area contributed by atoms with E-state index in [-0.39, 0.29) is 17.7 Å². The molecule has 0 saturated carbocycles. The minimum atomic E-state index is -0.254. The van der Waals surface area contributed by atoms with E-state index < -0.39 is 0 Å². The van der Waals surface area contributed by atoms with Crippen LogP contribution in [0.2, 0.25) is 0 Å². The summed E-state index contributed by atoms with van der Waals surface area (Å²) in [7, 11) is 1.75. The number of carbonyl (C=O) groups is 2. The number of rotatable bonds is 2. The monoisotopic (exact) mass is 309 g/mol. The van der Waals surface area contributed by atoms with Crippen molar-refractivity contribution in [1.82, 2.24) is 4.98 Å². The molecule has 1 unspecified atom stereocenters. The SMILES string of the molecule is CC1CN(C(=O)/C=C/c2ccc[nH]2)c2ccccc2N(C)C1=O. The van der Waals surface area contributed by atoms with Crippen molar-refractivity contribution in [3.8, 4) is 0 Å². The predicted octanol–water partition coefficient (Wildman–Crippen LogP) is 2.67. The highest BCUT2D eigenvalue weighted by molar-refractivity contribution is 6.09. The molecule has 1 aromatic heterocycles. The average molecular weight is 309 g/mol. The van der Waals surface area contributed by atoms with Crippen molar-refractivity contribution in [3.63, 3.8) is 0 Å². The molecule has 5 nitrogen and oxygen atoms in total. The van der Waals surface area contributed by atoms with Gasteiger partial charge in [-0.25, -0.2) is 0 Å². The van der Waals surface area contributed by atoms with Crippen LogP contribution in [-0.4, -0.2) is 30.4 Å². The van der Waals surface area contributed by atoms with Crippen LogP contribution in [0.25, 0.3) is 6.08 Å². The molecule has 1 atom stereocenters. The summed E-state index contributed by atoms with van der Waals surface area (Å²) in [6, 6.07) is 11.2. The van der Waals surface area contributed by atoms with Crippen LogP contribution in [0.4, 0.5) is 11.4 Å². The number of hydrogen-bond donors (Lipinski definition) is 1. The molecule has 3 rings (SSSR count). The Balaban J connectivity index is 1.95. The number of aromatic amines is 1. The zero-order valence-electron chi connectivity index (χ0n) is 13.2. The van der Waals surface area contributed by atoms with Crippen LogP contribution in [0, 0.1) is 5.92 Å². The van der Waals surface area contributed by atoms with Gasteiger partial charge >= 0.3 is 0 Å². The van der Waals surface area contributed by atoms with Gasteiger partial charge in [0.2, 0.25) is 5.91 Å². The van der Waals surface area contributed by atoms with Crippen LogP contribution in [-0.2, 0) is 9.59 Å². The van der Waals surface area contributed by atoms with Crippen LogP contribution in [0.15, 0.2) is 48.7 Å². The smallest absolute Gasteiger partial charge is 0.251 e. The van der Waals surface area contributed by atoms with Crippen LogP contribution in [0.5, 0.6) is 0 Å². The Morgan fingerprint density at radius 3 is 2.65 bits per heavy atom. The predicted molar refractivity (Wildman–Crippen MR) is 91.2 cm³/mol. The van der Waals surface area contributed by atoms with Gasteiger partial charge < -0.3 is 14.8 Å². The molecule has 0 bridgehead atoms. The van der Waals surface area contributed by atoms with Gasteiger partial charge in [-0.05, 0) is 30.3 Å². The number of nitrogens with zero attached hydrogens (tertiary/aromatic N) is 2. The molecular weight excluding hydrogens is 290 g/mol. The average Bonchev–Trinajstić information content (AvgIpc) is 3.06. The lowest BCUT2D eigenvalue weighted by molar-refractivity contribution is -0.121. The topological polar surface area (TPSA) is 56.4 Å². The van der Waals surface area contributed by atoms with E-state index in [9.17, 15) is 9.59 Å². The van der Waals surface area contributed by atoms with E-state index in [0.717, 1.165) is 17.1 Å². The fourth-order valence-corrected chi connectivity index (χ4v) is 2.78. The second-order valence-corrected chi connectivity index (χ2v) is 5.69. The van der Waals surface area contributed by atoms with Crippen molar-refractivity contribution < 1.29 is 9.59 Å². The molecule has 0 fully saturated rings. The van der Waals surface area contributed by atoms with Crippen LogP contribution in [0.1, 0.15) is 12.6 Å². The molecule has 1 aromatic carbocycles. The number of H-pyrrole nitrogens is 1. The Morgan fingerprint density at radius 1 is 1.22 bits per heavy atom. The minimum Gasteiger partial charge on any atom is -0.362 e. The van der Waals surface area contributed by atoms with Gasteiger partial charge in [-0.15, -0.1) is 0 Å². The van der Waals surface area contributed by atoms with Crippen molar-refractivity contribution in [1.29, 1.82) is 0 Å². The molecule has 1 aliphatic rings. The van der Waals surface area contributed by atoms with Gasteiger partial charge in [0.05, 0.1) is 17.3 Å². The maximum absolute atomic E-state index is 12.7. The fraction of sp³-hybridized carbons (Fsp3) is 0.222. The zero-order valence-corrected chi connectivity index (χ0v) is 13.2. The van der Waals surface area contributed by atoms with Gasteiger partial charge in [0.15, 0.2) is 0 Å². The molecule has 2 aromatic rings. The van der Waals surface area contributed by atoms with Gasteiger partial charge in [-0.1, -0.05) is 19.1 Å². The lowest BCUT2D eigenvalue weighted by atomic mass is 10.1. The van der Waals surface area contributed by atoms with E-state index in [0.29, 0.717) is 6.54 Å². The molecule has 5 heteroatoms. The second-order valence-electron chi connectivity index (χ2n) is 5.69. The summed E-state index contributed by atoms with van der Waals surface area (Å²) in [5.41, 5.74) is 2.38. The Kier molecular flexibility index (Phi) is 4.02. The first-order valence-corrected chi connectivity index (χ1v) is 7.57. The lowest BCUT2D eigenvalue weighted by Gasteiger charge is -2.22. The highest BCUT2D eigenvalue weighted by atomic mass is 16.2. The molecule has 2 amide bonds. The van der Waals surface area contributed by atoms with Crippen molar-refractivity contribution in [2.75, 3.05) is 23.4 Å². The number of para-hydroxylation sites is 2. The number of nitrogens with one attached hydrogen (secondary N) is 1. The van der Waals surface area contributed by atoms with Crippen LogP contribution >= 0.6 is 0 Å². The van der Waals surface area contributed by atoms with E-state index in [4.69, 9.17) is 0 Å². The first-order valence-electron chi connectivity index (χ1n) is 7.57. The number of aromatic nitrogens is 1. The maximum Gasteiger partial charge on any atom is 0.251 e. The molecule has 0 saturated heterocycles. The first kappa shape index (κ1) is 15.1. The van der Waals surface area contributed by atoms with E-state index in [1.807, 2.05) is 43.3 Å². The molecule has 1 N–H and O–H groups in total. The van der Waals surface area contributed by atoms with Gasteiger partial charge in [0.25, 0.3) is 5.91 Å². The highest BCUT2D eigenvalue weighted by Crippen LogP contribution is 2.33. The number of benzene rings is 1. The zero-order chi connectivity index (χ0) is 16.4. The van der Waals surface area contributed by atoms with Crippen LogP contribution < -0.4 is 9.80 Å². The summed E-state index contributed by atoms with van der Waals surface area (Å²) in [5.74, 6) is -0.377. The molecular formula is C18H19N3O2. The number of carbonyl (C=O) groups excluding carboxylic acids is 2. The normalized spacial score (nSPS) is 18.2. The summed E-state index contributed by atoms with van der Waals surface area (Å²) in [5, 5.41) is 0. The van der Waals surface area contributed by atoms with Crippen molar-refractivity contribution in [2.24, 2.45) is 5.92 Å². The Bertz CT molecular complexity index is 749. The van der Waals surface area contributed by atoms with Gasteiger partial charge in [0, 0.05) is 31.6 Å². The number of anilines is 2. The number of hydrogen-bond acceptors (Lipinski definition) is 2. The maximum atomic E-state index is 12.7. The third kappa shape index (κ3) is 2.90. The first-order chi connectivity index (χ1) is 11.1. The van der Waals surface area contributed by atoms with E-state index in [1.165, 1.54) is 6.08 Å². The second kappa shape index (κ2) is 6.12. The largest absolute Gasteiger partial charge is 0.362 e. The summed E-state index contributed by atoms with van der Waals surface area (Å²) in [4.78, 5) is 31.4. The van der Waals surface area contributed by atoms with Crippen molar-refractivity contribution >= 4 is 29.3 Å². The molecule has 0 spiro atoms. The Morgan fingerprint density at radius 2 is 1.96 bits per heavy atom. The van der Waals surface area contributed by atoms with E-state index in [1.54, 1.807) is 29.1 Å². The molecule has 0 aliphatic carbocycles. The van der Waals surface area contributed by atoms with E-state index in [2.05, 4.69) is 4.98 Å². The fourth-order valence-electron chi connectivity index (χ4n) is 2.78. The van der Waals surface area contributed by atoms with Gasteiger partial charge in [-0.3, -0.25) is 9.59 Å². The summed E-state index contributed by atoms with van der Waals surface area (Å²) >= 11 is 0. The number of amides is 2. The Labute approximate surface area is 135 Å². The summed E-state index contributed by atoms with van der Waals surface area (Å²) in [6.45, 7) is 2.22. The third-order valence-electron chi connectivity index (χ3n) is 4.04. The lowest BCUT2D eigenvalue weighted by Crippen LogP contribution is -2.36. The highest BCUT2D eigenvalue weighted by Gasteiger charge is 2.30. The molecule has 1 aliphatic heterocycles. The third-order valence-corrected chi connectivity index (χ3v) is 4.04.